The monoisotopic (exact) mass is 328 g/mol. The van der Waals surface area contributed by atoms with Gasteiger partial charge in [0.2, 0.25) is 11.8 Å². The highest BCUT2D eigenvalue weighted by molar-refractivity contribution is 6.00. The standard InChI is InChI=1S/C19H24N2O3/c22-17(15-7-12-24-13-15)20-10-4-8-19(14-20)9-11-21(18(19)23)16-5-2-1-3-6-16/h1-3,5-6,15H,4,7-14H2/t15-,19-/m1/s1. The van der Waals surface area contributed by atoms with Gasteiger partial charge in [0.05, 0.1) is 17.9 Å². The van der Waals surface area contributed by atoms with E-state index in [4.69, 9.17) is 4.74 Å². The summed E-state index contributed by atoms with van der Waals surface area (Å²) in [5.41, 5.74) is 0.579. The lowest BCUT2D eigenvalue weighted by molar-refractivity contribution is -0.141. The summed E-state index contributed by atoms with van der Waals surface area (Å²) >= 11 is 0. The van der Waals surface area contributed by atoms with Crippen LogP contribution in [0.3, 0.4) is 0 Å². The molecule has 0 N–H and O–H groups in total. The zero-order valence-electron chi connectivity index (χ0n) is 13.9. The summed E-state index contributed by atoms with van der Waals surface area (Å²) in [4.78, 5) is 29.7. The van der Waals surface area contributed by atoms with Crippen LogP contribution in [-0.4, -0.2) is 49.6 Å². The summed E-state index contributed by atoms with van der Waals surface area (Å²) in [5, 5.41) is 0. The van der Waals surface area contributed by atoms with Crippen LogP contribution in [0.4, 0.5) is 5.69 Å². The molecule has 3 saturated heterocycles. The fourth-order valence-corrected chi connectivity index (χ4v) is 4.36. The van der Waals surface area contributed by atoms with Crippen LogP contribution in [0, 0.1) is 11.3 Å². The van der Waals surface area contributed by atoms with Crippen LogP contribution in [0.5, 0.6) is 0 Å². The van der Waals surface area contributed by atoms with Crippen LogP contribution < -0.4 is 4.90 Å². The number of ether oxygens (including phenoxy) is 1. The van der Waals surface area contributed by atoms with Gasteiger partial charge in [0.25, 0.3) is 0 Å². The fourth-order valence-electron chi connectivity index (χ4n) is 4.36. The quantitative estimate of drug-likeness (QED) is 0.835. The van der Waals surface area contributed by atoms with Crippen LogP contribution in [-0.2, 0) is 14.3 Å². The van der Waals surface area contributed by atoms with Crippen LogP contribution in [0.1, 0.15) is 25.7 Å². The number of rotatable bonds is 2. The summed E-state index contributed by atoms with van der Waals surface area (Å²) in [7, 11) is 0. The van der Waals surface area contributed by atoms with Gasteiger partial charge in [-0.15, -0.1) is 0 Å². The number of benzene rings is 1. The minimum absolute atomic E-state index is 0.0121. The zero-order chi connectivity index (χ0) is 16.6. The van der Waals surface area contributed by atoms with Crippen molar-refractivity contribution in [2.45, 2.75) is 25.7 Å². The van der Waals surface area contributed by atoms with Crippen molar-refractivity contribution < 1.29 is 14.3 Å². The highest BCUT2D eigenvalue weighted by atomic mass is 16.5. The summed E-state index contributed by atoms with van der Waals surface area (Å²) in [5.74, 6) is 0.355. The van der Waals surface area contributed by atoms with Crippen LogP contribution in [0.15, 0.2) is 30.3 Å². The Hall–Kier alpha value is -1.88. The number of carbonyl (C=O) groups excluding carboxylic acids is 2. The molecule has 0 aromatic heterocycles. The molecule has 1 aromatic rings. The minimum atomic E-state index is -0.386. The van der Waals surface area contributed by atoms with Gasteiger partial charge in [0.1, 0.15) is 0 Å². The number of piperidine rings is 1. The Bertz CT molecular complexity index is 627. The first kappa shape index (κ1) is 15.6. The summed E-state index contributed by atoms with van der Waals surface area (Å²) in [6.07, 6.45) is 3.45. The van der Waals surface area contributed by atoms with Crippen LogP contribution >= 0.6 is 0 Å². The smallest absolute Gasteiger partial charge is 0.235 e. The van der Waals surface area contributed by atoms with Gasteiger partial charge in [-0.3, -0.25) is 9.59 Å². The van der Waals surface area contributed by atoms with Gasteiger partial charge < -0.3 is 14.5 Å². The molecule has 4 rings (SSSR count). The largest absolute Gasteiger partial charge is 0.381 e. The Morgan fingerprint density at radius 1 is 1.17 bits per heavy atom. The van der Waals surface area contributed by atoms with E-state index in [-0.39, 0.29) is 23.1 Å². The van der Waals surface area contributed by atoms with E-state index >= 15 is 0 Å². The molecule has 3 fully saturated rings. The predicted octanol–water partition coefficient (Wildman–Crippen LogP) is 2.07. The zero-order valence-corrected chi connectivity index (χ0v) is 13.9. The van der Waals surface area contributed by atoms with Crippen LogP contribution in [0.2, 0.25) is 0 Å². The number of hydrogen-bond acceptors (Lipinski definition) is 3. The topological polar surface area (TPSA) is 49.9 Å². The van der Waals surface area contributed by atoms with E-state index in [1.54, 1.807) is 0 Å². The van der Waals surface area contributed by atoms with E-state index in [0.29, 0.717) is 19.8 Å². The van der Waals surface area contributed by atoms with E-state index in [1.807, 2.05) is 40.1 Å². The molecule has 5 nitrogen and oxygen atoms in total. The van der Waals surface area contributed by atoms with E-state index in [0.717, 1.165) is 44.5 Å². The molecule has 3 heterocycles. The maximum atomic E-state index is 13.1. The van der Waals surface area contributed by atoms with Crippen molar-refractivity contribution >= 4 is 17.5 Å². The van der Waals surface area contributed by atoms with Gasteiger partial charge in [-0.05, 0) is 37.8 Å². The van der Waals surface area contributed by atoms with Gasteiger partial charge in [-0.2, -0.15) is 0 Å². The molecule has 3 aliphatic rings. The average Bonchev–Trinajstić information content (AvgIpc) is 3.26. The molecule has 2 atom stereocenters. The van der Waals surface area contributed by atoms with Crippen molar-refractivity contribution in [2.75, 3.05) is 37.7 Å². The van der Waals surface area contributed by atoms with E-state index in [2.05, 4.69) is 0 Å². The number of amides is 2. The Morgan fingerprint density at radius 2 is 2.00 bits per heavy atom. The lowest BCUT2D eigenvalue weighted by atomic mass is 9.78. The number of hydrogen-bond donors (Lipinski definition) is 0. The Morgan fingerprint density at radius 3 is 2.75 bits per heavy atom. The molecule has 1 aromatic carbocycles. The summed E-state index contributed by atoms with van der Waals surface area (Å²) < 4.78 is 5.36. The molecule has 3 aliphatic heterocycles. The van der Waals surface area contributed by atoms with Gasteiger partial charge in [-0.1, -0.05) is 18.2 Å². The third-order valence-electron chi connectivity index (χ3n) is 5.75. The van der Waals surface area contributed by atoms with Gasteiger partial charge >= 0.3 is 0 Å². The molecule has 2 amide bonds. The third kappa shape index (κ3) is 2.61. The van der Waals surface area contributed by atoms with Gasteiger partial charge in [0, 0.05) is 31.9 Å². The van der Waals surface area contributed by atoms with E-state index < -0.39 is 0 Å². The Kier molecular flexibility index (Phi) is 4.04. The molecule has 0 radical (unpaired) electrons. The average molecular weight is 328 g/mol. The van der Waals surface area contributed by atoms with Crippen molar-refractivity contribution in [3.8, 4) is 0 Å². The second kappa shape index (κ2) is 6.20. The highest BCUT2D eigenvalue weighted by Crippen LogP contribution is 2.42. The second-order valence-electron chi connectivity index (χ2n) is 7.25. The number of anilines is 1. The maximum Gasteiger partial charge on any atom is 0.235 e. The number of likely N-dealkylation sites (tertiary alicyclic amines) is 1. The minimum Gasteiger partial charge on any atom is -0.381 e. The van der Waals surface area contributed by atoms with Crippen molar-refractivity contribution in [1.82, 2.24) is 4.90 Å². The molecule has 128 valence electrons. The first-order valence-corrected chi connectivity index (χ1v) is 8.93. The Labute approximate surface area is 142 Å². The fraction of sp³-hybridized carbons (Fsp3) is 0.579. The number of carbonyl (C=O) groups is 2. The SMILES string of the molecule is O=C([C@@H]1CCOC1)N1CCC[C@@]2(CCN(c3ccccc3)C2=O)C1. The third-order valence-corrected chi connectivity index (χ3v) is 5.75. The molecule has 5 heteroatoms. The van der Waals surface area contributed by atoms with Crippen molar-refractivity contribution in [2.24, 2.45) is 11.3 Å². The number of nitrogens with zero attached hydrogens (tertiary/aromatic N) is 2. The second-order valence-corrected chi connectivity index (χ2v) is 7.25. The molecular formula is C19H24N2O3. The van der Waals surface area contributed by atoms with Crippen LogP contribution in [0.25, 0.3) is 0 Å². The lowest BCUT2D eigenvalue weighted by Gasteiger charge is -2.39. The van der Waals surface area contributed by atoms with Gasteiger partial charge in [0.15, 0.2) is 0 Å². The summed E-state index contributed by atoms with van der Waals surface area (Å²) in [6.45, 7) is 3.31. The van der Waals surface area contributed by atoms with Crippen molar-refractivity contribution in [3.63, 3.8) is 0 Å². The molecule has 24 heavy (non-hydrogen) atoms. The predicted molar refractivity (Wildman–Crippen MR) is 90.6 cm³/mol. The van der Waals surface area contributed by atoms with Crippen molar-refractivity contribution in [1.29, 1.82) is 0 Å². The maximum absolute atomic E-state index is 13.1. The van der Waals surface area contributed by atoms with E-state index in [9.17, 15) is 9.59 Å². The molecule has 0 bridgehead atoms. The van der Waals surface area contributed by atoms with Gasteiger partial charge in [-0.25, -0.2) is 0 Å². The normalized spacial score (nSPS) is 30.3. The van der Waals surface area contributed by atoms with E-state index in [1.165, 1.54) is 0 Å². The Balaban J connectivity index is 1.50. The number of para-hydroxylation sites is 1. The molecule has 0 unspecified atom stereocenters. The molecular weight excluding hydrogens is 304 g/mol. The molecule has 0 saturated carbocycles. The highest BCUT2D eigenvalue weighted by Gasteiger charge is 2.50. The van der Waals surface area contributed by atoms with Crippen molar-refractivity contribution in [3.05, 3.63) is 30.3 Å². The first-order chi connectivity index (χ1) is 11.7. The summed E-state index contributed by atoms with van der Waals surface area (Å²) in [6, 6.07) is 9.86. The first-order valence-electron chi connectivity index (χ1n) is 8.93. The molecule has 1 spiro atoms. The lowest BCUT2D eigenvalue weighted by Crippen LogP contribution is -2.51. The molecule has 0 aliphatic carbocycles.